The molecule has 0 heterocycles. The Bertz CT molecular complexity index is 24.1. The van der Waals surface area contributed by atoms with Crippen LogP contribution in [-0.2, 0) is 0 Å². The van der Waals surface area contributed by atoms with Crippen molar-refractivity contribution in [2.45, 2.75) is 13.8 Å². The summed E-state index contributed by atoms with van der Waals surface area (Å²) in [5, 5.41) is 22.2. The molecule has 0 atom stereocenters. The van der Waals surface area contributed by atoms with Gasteiger partial charge >= 0.3 is 0 Å². The van der Waals surface area contributed by atoms with E-state index in [1.54, 1.807) is 0 Å². The molecule has 4 heteroatoms. The van der Waals surface area contributed by atoms with Crippen LogP contribution >= 0.6 is 0 Å². The predicted octanol–water partition coefficient (Wildman–Crippen LogP) is 0.0428. The number of nitrogens with zero attached hydrogens (tertiary/aromatic N) is 1. The molecule has 0 spiro atoms. The summed E-state index contributed by atoms with van der Waals surface area (Å²) in [5.41, 5.74) is 0. The lowest BCUT2D eigenvalue weighted by molar-refractivity contribution is -0.335. The zero-order chi connectivity index (χ0) is 6.28. The Balaban J connectivity index is 0. The van der Waals surface area contributed by atoms with Crippen molar-refractivity contribution in [1.29, 1.82) is 0 Å². The van der Waals surface area contributed by atoms with Gasteiger partial charge in [-0.1, -0.05) is 13.8 Å². The van der Waals surface area contributed by atoms with E-state index in [-0.39, 0.29) is 5.23 Å². The van der Waals surface area contributed by atoms with E-state index >= 15 is 0 Å². The van der Waals surface area contributed by atoms with Crippen LogP contribution in [0.3, 0.4) is 0 Å². The van der Waals surface area contributed by atoms with Gasteiger partial charge in [0.05, 0.1) is 0 Å². The minimum atomic E-state index is -0.750. The van der Waals surface area contributed by atoms with E-state index in [9.17, 15) is 0 Å². The molecule has 0 aliphatic carbocycles. The van der Waals surface area contributed by atoms with E-state index in [1.165, 1.54) is 0 Å². The van der Waals surface area contributed by atoms with Gasteiger partial charge in [-0.15, -0.1) is 0 Å². The summed E-state index contributed by atoms with van der Waals surface area (Å²) < 4.78 is 0. The highest BCUT2D eigenvalue weighted by molar-refractivity contribution is 3.84. The maximum absolute atomic E-state index is 7.57. The summed E-state index contributed by atoms with van der Waals surface area (Å²) in [7, 11) is 0. The minimum absolute atomic E-state index is 0.319. The average Bonchev–Trinajstić information content (AvgIpc) is 1.73. The minimum Gasteiger partial charge on any atom is -0.376 e. The summed E-state index contributed by atoms with van der Waals surface area (Å²) in [5.74, 6) is 0. The molecule has 0 saturated heterocycles. The first-order valence-electron chi connectivity index (χ1n) is 2.03. The third-order valence-electron chi connectivity index (χ3n) is 0.126. The monoisotopic (exact) mass is 109 g/mol. The second-order valence-electron chi connectivity index (χ2n) is 0.514. The van der Waals surface area contributed by atoms with Crippen molar-refractivity contribution in [3.63, 3.8) is 0 Å². The van der Waals surface area contributed by atoms with Crippen LogP contribution in [0.15, 0.2) is 0 Å². The third-order valence-corrected chi connectivity index (χ3v) is 0.126. The van der Waals surface area contributed by atoms with Gasteiger partial charge in [0.2, 0.25) is 0 Å². The molecule has 4 nitrogen and oxygen atoms in total. The fourth-order valence-corrected chi connectivity index (χ4v) is 0. The van der Waals surface area contributed by atoms with Crippen LogP contribution in [0.25, 0.3) is 0 Å². The Hall–Kier alpha value is -0.160. The van der Waals surface area contributed by atoms with E-state index < -0.39 is 6.73 Å². The van der Waals surface area contributed by atoms with Gasteiger partial charge in [-0.3, -0.25) is 10.4 Å². The van der Waals surface area contributed by atoms with Gasteiger partial charge in [0.25, 0.3) is 0 Å². The zero-order valence-electron chi connectivity index (χ0n) is 4.50. The maximum atomic E-state index is 7.57. The lowest BCUT2D eigenvalue weighted by Crippen LogP contribution is -2.13. The molecule has 0 bridgehead atoms. The SMILES string of the molecule is CC.OCN(O)O. The molecule has 0 aromatic carbocycles. The number of hydrogen-bond donors (Lipinski definition) is 3. The molecule has 0 aromatic rings. The van der Waals surface area contributed by atoms with Crippen molar-refractivity contribution >= 4 is 0 Å². The number of rotatable bonds is 1. The van der Waals surface area contributed by atoms with Crippen LogP contribution in [0.4, 0.5) is 0 Å². The number of aliphatic hydroxyl groups excluding tert-OH is 1. The quantitative estimate of drug-likeness (QED) is 0.328. The van der Waals surface area contributed by atoms with Crippen LogP contribution in [-0.4, -0.2) is 27.5 Å². The lowest BCUT2D eigenvalue weighted by Gasteiger charge is -1.94. The fourth-order valence-electron chi connectivity index (χ4n) is 0. The largest absolute Gasteiger partial charge is 0.376 e. The zero-order valence-corrected chi connectivity index (χ0v) is 4.50. The second-order valence-corrected chi connectivity index (χ2v) is 0.514. The molecule has 0 aromatic heterocycles. The van der Waals surface area contributed by atoms with E-state index in [1.807, 2.05) is 13.8 Å². The van der Waals surface area contributed by atoms with Crippen LogP contribution in [0.2, 0.25) is 0 Å². The van der Waals surface area contributed by atoms with Crippen molar-refractivity contribution in [1.82, 2.24) is 5.23 Å². The first-order valence-corrected chi connectivity index (χ1v) is 2.03. The third kappa shape index (κ3) is 25.4. The van der Waals surface area contributed by atoms with Gasteiger partial charge in [-0.25, -0.2) is 0 Å². The molecule has 0 saturated carbocycles. The van der Waals surface area contributed by atoms with Crippen molar-refractivity contribution in [3.8, 4) is 0 Å². The molecular weight excluding hydrogens is 98.0 g/mol. The molecule has 46 valence electrons. The first-order chi connectivity index (χ1) is 3.27. The molecule has 0 fully saturated rings. The van der Waals surface area contributed by atoms with Crippen molar-refractivity contribution in [2.24, 2.45) is 0 Å². The Labute approximate surface area is 42.5 Å². The van der Waals surface area contributed by atoms with Gasteiger partial charge in [-0.2, -0.15) is 0 Å². The first kappa shape index (κ1) is 9.96. The van der Waals surface area contributed by atoms with E-state index in [0.717, 1.165) is 0 Å². The van der Waals surface area contributed by atoms with Crippen LogP contribution in [0.5, 0.6) is 0 Å². The maximum Gasteiger partial charge on any atom is 0.146 e. The normalized spacial score (nSPS) is 7.71. The highest BCUT2D eigenvalue weighted by Gasteiger charge is 1.78. The molecule has 0 aliphatic rings. The topological polar surface area (TPSA) is 63.9 Å². The smallest absolute Gasteiger partial charge is 0.146 e. The van der Waals surface area contributed by atoms with Crippen molar-refractivity contribution in [2.75, 3.05) is 6.73 Å². The molecule has 0 unspecified atom stereocenters. The summed E-state index contributed by atoms with van der Waals surface area (Å²) in [4.78, 5) is 0. The Morgan fingerprint density at radius 1 is 1.29 bits per heavy atom. The molecule has 0 amide bonds. The van der Waals surface area contributed by atoms with Crippen LogP contribution in [0, 0.1) is 0 Å². The molecule has 3 N–H and O–H groups in total. The standard InChI is InChI=1S/C2H6.CH5NO3/c1-2;3-1-2(4)5/h1-2H3;3-5H,1H2. The van der Waals surface area contributed by atoms with Crippen LogP contribution in [0.1, 0.15) is 13.8 Å². The van der Waals surface area contributed by atoms with E-state index in [4.69, 9.17) is 15.5 Å². The molecule has 0 radical (unpaired) electrons. The Morgan fingerprint density at radius 2 is 1.43 bits per heavy atom. The Morgan fingerprint density at radius 3 is 1.43 bits per heavy atom. The van der Waals surface area contributed by atoms with Gasteiger partial charge < -0.3 is 5.11 Å². The molecular formula is C3H11NO3. The Kier molecular flexibility index (Phi) is 13.2. The van der Waals surface area contributed by atoms with E-state index in [0.29, 0.717) is 0 Å². The average molecular weight is 109 g/mol. The van der Waals surface area contributed by atoms with Gasteiger partial charge in [-0.05, 0) is 5.23 Å². The number of hydrogen-bond acceptors (Lipinski definition) is 4. The molecule has 0 aliphatic heterocycles. The van der Waals surface area contributed by atoms with Gasteiger partial charge in [0, 0.05) is 0 Å². The summed E-state index contributed by atoms with van der Waals surface area (Å²) >= 11 is 0. The number of aliphatic hydroxyl groups is 1. The van der Waals surface area contributed by atoms with Crippen LogP contribution < -0.4 is 0 Å². The lowest BCUT2D eigenvalue weighted by atomic mass is 11.0. The molecule has 0 rings (SSSR count). The number of hydroxylamine groups is 2. The summed E-state index contributed by atoms with van der Waals surface area (Å²) in [6, 6.07) is 0. The summed E-state index contributed by atoms with van der Waals surface area (Å²) in [6.07, 6.45) is 0. The van der Waals surface area contributed by atoms with E-state index in [2.05, 4.69) is 0 Å². The second kappa shape index (κ2) is 9.28. The molecule has 7 heavy (non-hydrogen) atoms. The van der Waals surface area contributed by atoms with Crippen molar-refractivity contribution in [3.05, 3.63) is 0 Å². The fraction of sp³-hybridized carbons (Fsp3) is 1.00. The highest BCUT2D eigenvalue weighted by atomic mass is 16.8. The van der Waals surface area contributed by atoms with Crippen molar-refractivity contribution < 1.29 is 15.5 Å². The predicted molar refractivity (Wildman–Crippen MR) is 23.8 cm³/mol. The van der Waals surface area contributed by atoms with Gasteiger partial charge in [0.1, 0.15) is 6.73 Å². The summed E-state index contributed by atoms with van der Waals surface area (Å²) in [6.45, 7) is 3.25. The van der Waals surface area contributed by atoms with Gasteiger partial charge in [0.15, 0.2) is 0 Å². The highest BCUT2D eigenvalue weighted by Crippen LogP contribution is 1.57.